The van der Waals surface area contributed by atoms with E-state index < -0.39 is 0 Å². The molecule has 43 heavy (non-hydrogen) atoms. The number of nitrogens with zero attached hydrogens (tertiary/aromatic N) is 4. The summed E-state index contributed by atoms with van der Waals surface area (Å²) in [6.07, 6.45) is 3.40. The maximum absolute atomic E-state index is 14.0. The van der Waals surface area contributed by atoms with Crippen molar-refractivity contribution >= 4 is 29.4 Å². The van der Waals surface area contributed by atoms with Crippen molar-refractivity contribution in [1.82, 2.24) is 20.1 Å². The van der Waals surface area contributed by atoms with E-state index in [4.69, 9.17) is 9.84 Å². The molecular weight excluding hydrogens is 558 g/mol. The summed E-state index contributed by atoms with van der Waals surface area (Å²) in [6, 6.07) is 29.5. The average Bonchev–Trinajstić information content (AvgIpc) is 3.37. The molecule has 8 nitrogen and oxygen atoms in total. The standard InChI is InChI=1S/C34H31N5O3S/c1-23-11-6-8-16-27(23)39-34-31(32(37-39)25-13-4-3-5-14-25)33(26-15-7-9-17-28(26)42-2)43-22-30(41)38(34)21-29(40)36-20-24-12-10-18-35-19-24/h3-19,33H,20-22H2,1-2H3,(H,36,40). The number of benzene rings is 3. The van der Waals surface area contributed by atoms with E-state index in [9.17, 15) is 9.59 Å². The summed E-state index contributed by atoms with van der Waals surface area (Å²) in [5, 5.41) is 7.85. The Labute approximate surface area is 254 Å². The third kappa shape index (κ3) is 5.76. The largest absolute Gasteiger partial charge is 0.496 e. The van der Waals surface area contributed by atoms with Crippen LogP contribution in [0, 0.1) is 6.92 Å². The average molecular weight is 590 g/mol. The van der Waals surface area contributed by atoms with Crippen LogP contribution in [0.5, 0.6) is 5.75 Å². The molecule has 6 rings (SSSR count). The predicted octanol–water partition coefficient (Wildman–Crippen LogP) is 5.74. The first-order valence-corrected chi connectivity index (χ1v) is 15.0. The second-order valence-corrected chi connectivity index (χ2v) is 11.3. The lowest BCUT2D eigenvalue weighted by atomic mass is 9.99. The summed E-state index contributed by atoms with van der Waals surface area (Å²) in [5.41, 5.74) is 6.16. The van der Waals surface area contributed by atoms with E-state index in [0.29, 0.717) is 12.4 Å². The molecule has 0 saturated carbocycles. The fraction of sp³-hybridized carbons (Fsp3) is 0.176. The van der Waals surface area contributed by atoms with Crippen molar-refractivity contribution in [2.24, 2.45) is 0 Å². The number of anilines is 1. The molecule has 0 saturated heterocycles. The lowest BCUT2D eigenvalue weighted by Crippen LogP contribution is -2.42. The highest BCUT2D eigenvalue weighted by Crippen LogP contribution is 2.50. The number of aromatic nitrogens is 3. The Morgan fingerprint density at radius 3 is 2.53 bits per heavy atom. The first kappa shape index (κ1) is 28.2. The summed E-state index contributed by atoms with van der Waals surface area (Å²) in [5.74, 6) is 1.03. The number of hydrogen-bond donors (Lipinski definition) is 1. The maximum Gasteiger partial charge on any atom is 0.240 e. The monoisotopic (exact) mass is 589 g/mol. The molecule has 0 fully saturated rings. The van der Waals surface area contributed by atoms with Crippen molar-refractivity contribution in [1.29, 1.82) is 0 Å². The molecule has 2 amide bonds. The number of fused-ring (bicyclic) bond motifs is 1. The second-order valence-electron chi connectivity index (χ2n) is 10.2. The van der Waals surface area contributed by atoms with E-state index in [0.717, 1.165) is 44.9 Å². The van der Waals surface area contributed by atoms with Crippen LogP contribution >= 0.6 is 11.8 Å². The van der Waals surface area contributed by atoms with Crippen LogP contribution in [0.2, 0.25) is 0 Å². The number of para-hydroxylation sites is 2. The van der Waals surface area contributed by atoms with Crippen molar-refractivity contribution in [2.45, 2.75) is 18.7 Å². The minimum absolute atomic E-state index is 0.156. The number of hydrogen-bond acceptors (Lipinski definition) is 6. The zero-order valence-electron chi connectivity index (χ0n) is 23.9. The first-order valence-electron chi connectivity index (χ1n) is 14.0. The van der Waals surface area contributed by atoms with Gasteiger partial charge in [-0.05, 0) is 36.2 Å². The third-order valence-corrected chi connectivity index (χ3v) is 8.65. The summed E-state index contributed by atoms with van der Waals surface area (Å²) < 4.78 is 7.62. The Balaban J connectivity index is 1.55. The molecule has 2 aromatic heterocycles. The Morgan fingerprint density at radius 1 is 1.00 bits per heavy atom. The van der Waals surface area contributed by atoms with Crippen molar-refractivity contribution in [3.05, 3.63) is 126 Å². The van der Waals surface area contributed by atoms with Crippen molar-refractivity contribution in [3.63, 3.8) is 0 Å². The van der Waals surface area contributed by atoms with Gasteiger partial charge < -0.3 is 10.1 Å². The molecule has 216 valence electrons. The van der Waals surface area contributed by atoms with Crippen LogP contribution in [0.4, 0.5) is 5.82 Å². The van der Waals surface area contributed by atoms with Crippen LogP contribution in [0.3, 0.4) is 0 Å². The molecule has 0 aliphatic carbocycles. The molecule has 3 aromatic carbocycles. The molecule has 0 bridgehead atoms. The van der Waals surface area contributed by atoms with Crippen LogP contribution in [0.1, 0.15) is 27.5 Å². The number of aryl methyl sites for hydroxylation is 1. The smallest absolute Gasteiger partial charge is 0.240 e. The predicted molar refractivity (Wildman–Crippen MR) is 169 cm³/mol. The zero-order chi connectivity index (χ0) is 29.8. The Morgan fingerprint density at radius 2 is 1.77 bits per heavy atom. The minimum atomic E-state index is -0.286. The highest BCUT2D eigenvalue weighted by molar-refractivity contribution is 8.00. The molecule has 0 radical (unpaired) electrons. The molecule has 0 spiro atoms. The Hall–Kier alpha value is -4.89. The topological polar surface area (TPSA) is 89.3 Å². The van der Waals surface area contributed by atoms with Gasteiger partial charge in [-0.15, -0.1) is 11.8 Å². The van der Waals surface area contributed by atoms with E-state index in [-0.39, 0.29) is 29.4 Å². The molecule has 3 heterocycles. The van der Waals surface area contributed by atoms with E-state index in [2.05, 4.69) is 10.3 Å². The van der Waals surface area contributed by atoms with E-state index in [1.807, 2.05) is 103 Å². The van der Waals surface area contributed by atoms with Crippen molar-refractivity contribution < 1.29 is 14.3 Å². The molecular formula is C34H31N5O3S. The number of carbonyl (C=O) groups excluding carboxylic acids is 2. The van der Waals surface area contributed by atoms with Gasteiger partial charge in [0.15, 0.2) is 0 Å². The van der Waals surface area contributed by atoms with Gasteiger partial charge in [0.25, 0.3) is 0 Å². The molecule has 1 N–H and O–H groups in total. The SMILES string of the molecule is COc1ccccc1C1SCC(=O)N(CC(=O)NCc2cccnc2)c2c1c(-c1ccccc1)nn2-c1ccccc1C. The summed E-state index contributed by atoms with van der Waals surface area (Å²) in [4.78, 5) is 33.1. The van der Waals surface area contributed by atoms with E-state index >= 15 is 0 Å². The molecule has 5 aromatic rings. The number of carbonyl (C=O) groups is 2. The summed E-state index contributed by atoms with van der Waals surface area (Å²) in [7, 11) is 1.65. The van der Waals surface area contributed by atoms with Crippen LogP contribution < -0.4 is 15.0 Å². The highest BCUT2D eigenvalue weighted by atomic mass is 32.2. The van der Waals surface area contributed by atoms with Gasteiger partial charge in [-0.25, -0.2) is 4.68 Å². The number of amides is 2. The lowest BCUT2D eigenvalue weighted by molar-refractivity contribution is -0.123. The van der Waals surface area contributed by atoms with Gasteiger partial charge in [0.1, 0.15) is 18.1 Å². The van der Waals surface area contributed by atoms with Gasteiger partial charge in [0.05, 0.1) is 29.5 Å². The number of methoxy groups -OCH3 is 1. The number of pyridine rings is 1. The summed E-state index contributed by atoms with van der Waals surface area (Å²) in [6.45, 7) is 2.17. The Kier molecular flexibility index (Phi) is 8.24. The molecule has 1 atom stereocenters. The van der Waals surface area contributed by atoms with Gasteiger partial charge in [-0.1, -0.05) is 72.8 Å². The molecule has 9 heteroatoms. The molecule has 1 aliphatic heterocycles. The number of nitrogens with one attached hydrogen (secondary N) is 1. The van der Waals surface area contributed by atoms with Crippen molar-refractivity contribution in [2.75, 3.05) is 24.3 Å². The van der Waals surface area contributed by atoms with Crippen molar-refractivity contribution in [3.8, 4) is 22.7 Å². The first-order chi connectivity index (χ1) is 21.0. The molecule has 1 aliphatic rings. The molecule has 1 unspecified atom stereocenters. The van der Waals surface area contributed by atoms with E-state index in [1.165, 1.54) is 11.8 Å². The highest BCUT2D eigenvalue weighted by Gasteiger charge is 2.38. The van der Waals surface area contributed by atoms with Gasteiger partial charge in [-0.2, -0.15) is 5.10 Å². The quantitative estimate of drug-likeness (QED) is 0.249. The van der Waals surface area contributed by atoms with Crippen LogP contribution in [0.25, 0.3) is 16.9 Å². The van der Waals surface area contributed by atoms with Crippen LogP contribution in [-0.4, -0.2) is 46.0 Å². The van der Waals surface area contributed by atoms with Gasteiger partial charge in [0, 0.05) is 35.6 Å². The fourth-order valence-electron chi connectivity index (χ4n) is 5.33. The van der Waals surface area contributed by atoms with Crippen LogP contribution in [-0.2, 0) is 16.1 Å². The lowest BCUT2D eigenvalue weighted by Gasteiger charge is -2.24. The van der Waals surface area contributed by atoms with Gasteiger partial charge in [-0.3, -0.25) is 19.5 Å². The zero-order valence-corrected chi connectivity index (χ0v) is 24.8. The van der Waals surface area contributed by atoms with E-state index in [1.54, 1.807) is 24.4 Å². The third-order valence-electron chi connectivity index (χ3n) is 7.42. The number of thioether (sulfide) groups is 1. The number of ether oxygens (including phenoxy) is 1. The maximum atomic E-state index is 14.0. The number of rotatable bonds is 8. The van der Waals surface area contributed by atoms with Gasteiger partial charge >= 0.3 is 0 Å². The summed E-state index contributed by atoms with van der Waals surface area (Å²) >= 11 is 1.52. The Bertz CT molecular complexity index is 1760. The normalized spacial score (nSPS) is 14.6. The second kappa shape index (κ2) is 12.5. The van der Waals surface area contributed by atoms with Gasteiger partial charge in [0.2, 0.25) is 11.8 Å². The van der Waals surface area contributed by atoms with Crippen LogP contribution in [0.15, 0.2) is 103 Å². The minimum Gasteiger partial charge on any atom is -0.496 e. The fourth-order valence-corrected chi connectivity index (χ4v) is 6.55.